The van der Waals surface area contributed by atoms with Crippen LogP contribution in [0, 0.1) is 16.6 Å². The fourth-order valence-electron chi connectivity index (χ4n) is 2.69. The van der Waals surface area contributed by atoms with Gasteiger partial charge in [0.2, 0.25) is 5.89 Å². The first-order valence-electron chi connectivity index (χ1n) is 8.62. The van der Waals surface area contributed by atoms with Crippen LogP contribution in [0.25, 0.3) is 0 Å². The monoisotopic (exact) mass is 424 g/mol. The molecule has 28 heavy (non-hydrogen) atoms. The maximum absolute atomic E-state index is 13.8. The second kappa shape index (κ2) is 8.28. The smallest absolute Gasteiger partial charge is 0.265 e. The summed E-state index contributed by atoms with van der Waals surface area (Å²) in [5.74, 6) is 0.117. The van der Waals surface area contributed by atoms with E-state index in [-0.39, 0.29) is 34.9 Å². The Morgan fingerprint density at radius 2 is 2.14 bits per heavy atom. The molecule has 2 heterocycles. The van der Waals surface area contributed by atoms with Gasteiger partial charge in [-0.15, -0.1) is 10.2 Å². The molecular formula is C18H19Cl2FN6O. The molecule has 3 N–H and O–H groups in total. The van der Waals surface area contributed by atoms with E-state index in [0.717, 1.165) is 0 Å². The van der Waals surface area contributed by atoms with Gasteiger partial charge in [0, 0.05) is 36.1 Å². The highest BCUT2D eigenvalue weighted by atomic mass is 35.5. The molecule has 1 aliphatic rings. The average molecular weight is 425 g/mol. The third kappa shape index (κ3) is 4.18. The van der Waals surface area contributed by atoms with Gasteiger partial charge >= 0.3 is 0 Å². The van der Waals surface area contributed by atoms with Crippen LogP contribution in [0.5, 0.6) is 0 Å². The van der Waals surface area contributed by atoms with E-state index in [0.29, 0.717) is 35.3 Å². The minimum atomic E-state index is -0.559. The first-order valence-corrected chi connectivity index (χ1v) is 9.37. The van der Waals surface area contributed by atoms with Gasteiger partial charge in [0.05, 0.1) is 10.7 Å². The highest BCUT2D eigenvalue weighted by Crippen LogP contribution is 2.30. The van der Waals surface area contributed by atoms with Crippen molar-refractivity contribution in [3.05, 3.63) is 57.1 Å². The van der Waals surface area contributed by atoms with E-state index in [2.05, 4.69) is 15.5 Å². The van der Waals surface area contributed by atoms with E-state index in [1.807, 2.05) is 13.8 Å². The minimum absolute atomic E-state index is 0.0238. The zero-order chi connectivity index (χ0) is 20.4. The predicted molar refractivity (Wildman–Crippen MR) is 106 cm³/mol. The van der Waals surface area contributed by atoms with Crippen molar-refractivity contribution < 1.29 is 8.81 Å². The molecule has 1 aromatic carbocycles. The zero-order valence-electron chi connectivity index (χ0n) is 15.3. The molecule has 0 saturated carbocycles. The van der Waals surface area contributed by atoms with Crippen LogP contribution >= 0.6 is 23.2 Å². The molecular weight excluding hydrogens is 406 g/mol. The SMILES string of the molecule is CC(C)c1nnc(C(=N)/C=C2\C(=N)NCCN2Cc2c(Cl)ccc(F)c2Cl)o1. The van der Waals surface area contributed by atoms with Gasteiger partial charge in [-0.2, -0.15) is 0 Å². The summed E-state index contributed by atoms with van der Waals surface area (Å²) in [5.41, 5.74) is 0.830. The third-order valence-corrected chi connectivity index (χ3v) is 4.98. The van der Waals surface area contributed by atoms with Crippen molar-refractivity contribution in [2.75, 3.05) is 13.1 Å². The van der Waals surface area contributed by atoms with E-state index in [1.54, 1.807) is 4.90 Å². The van der Waals surface area contributed by atoms with Crippen molar-refractivity contribution in [3.63, 3.8) is 0 Å². The molecule has 148 valence electrons. The molecule has 0 spiro atoms. The van der Waals surface area contributed by atoms with E-state index < -0.39 is 5.82 Å². The third-order valence-electron chi connectivity index (χ3n) is 4.21. The van der Waals surface area contributed by atoms with Crippen molar-refractivity contribution in [1.82, 2.24) is 20.4 Å². The fourth-order valence-corrected chi connectivity index (χ4v) is 3.18. The van der Waals surface area contributed by atoms with Crippen molar-refractivity contribution >= 4 is 34.7 Å². The van der Waals surface area contributed by atoms with Crippen LogP contribution < -0.4 is 5.32 Å². The van der Waals surface area contributed by atoms with Crippen molar-refractivity contribution in [3.8, 4) is 0 Å². The maximum Gasteiger partial charge on any atom is 0.265 e. The molecule has 0 amide bonds. The van der Waals surface area contributed by atoms with Crippen LogP contribution in [0.15, 0.2) is 28.3 Å². The maximum atomic E-state index is 13.8. The molecule has 0 bridgehead atoms. The number of nitrogens with zero attached hydrogens (tertiary/aromatic N) is 3. The molecule has 0 aliphatic carbocycles. The quantitative estimate of drug-likeness (QED) is 0.497. The van der Waals surface area contributed by atoms with E-state index in [1.165, 1.54) is 18.2 Å². The Balaban J connectivity index is 1.90. The standard InChI is InChI=1S/C18H19Cl2FN6O/c1-9(2)17-25-26-18(28-17)13(22)7-14-16(23)24-5-6-27(14)8-10-11(19)3-4-12(21)15(10)20/h3-4,7,9,22H,5-6,8H2,1-2H3,(H2,23,24)/b14-7+,22-13?. The first kappa shape index (κ1) is 20.3. The van der Waals surface area contributed by atoms with Gasteiger partial charge in [0.1, 0.15) is 17.4 Å². The molecule has 0 atom stereocenters. The number of rotatable bonds is 5. The normalized spacial score (nSPS) is 16.0. The topological polar surface area (TPSA) is 102 Å². The van der Waals surface area contributed by atoms with Gasteiger partial charge in [0.15, 0.2) is 0 Å². The Hall–Kier alpha value is -2.45. The van der Waals surface area contributed by atoms with Crippen LogP contribution in [0.3, 0.4) is 0 Å². The van der Waals surface area contributed by atoms with Crippen molar-refractivity contribution in [2.24, 2.45) is 0 Å². The second-order valence-electron chi connectivity index (χ2n) is 6.59. The number of amidine groups is 1. The van der Waals surface area contributed by atoms with Gasteiger partial charge in [-0.1, -0.05) is 37.0 Å². The molecule has 1 fully saturated rings. The summed E-state index contributed by atoms with van der Waals surface area (Å²) < 4.78 is 19.3. The van der Waals surface area contributed by atoms with Gasteiger partial charge in [0.25, 0.3) is 5.89 Å². The Morgan fingerprint density at radius 1 is 1.39 bits per heavy atom. The van der Waals surface area contributed by atoms with E-state index >= 15 is 0 Å². The Kier molecular flexibility index (Phi) is 6.00. The lowest BCUT2D eigenvalue weighted by atomic mass is 10.1. The summed E-state index contributed by atoms with van der Waals surface area (Å²) in [7, 11) is 0. The summed E-state index contributed by atoms with van der Waals surface area (Å²) in [6.45, 7) is 5.06. The largest absolute Gasteiger partial charge is 0.419 e. The fraction of sp³-hybridized carbons (Fsp3) is 0.333. The molecule has 1 aliphatic heterocycles. The number of allylic oxidation sites excluding steroid dienone is 1. The molecule has 2 aromatic rings. The van der Waals surface area contributed by atoms with Gasteiger partial charge in [-0.05, 0) is 18.2 Å². The van der Waals surface area contributed by atoms with Crippen LogP contribution in [0.4, 0.5) is 4.39 Å². The molecule has 0 radical (unpaired) electrons. The first-order chi connectivity index (χ1) is 13.3. The van der Waals surface area contributed by atoms with Gasteiger partial charge in [-0.25, -0.2) is 4.39 Å². The highest BCUT2D eigenvalue weighted by molar-refractivity contribution is 6.36. The number of aromatic nitrogens is 2. The van der Waals surface area contributed by atoms with Gasteiger partial charge < -0.3 is 14.6 Å². The number of hydrogen-bond donors (Lipinski definition) is 3. The van der Waals surface area contributed by atoms with Crippen molar-refractivity contribution in [1.29, 1.82) is 10.8 Å². The molecule has 7 nitrogen and oxygen atoms in total. The van der Waals surface area contributed by atoms with E-state index in [9.17, 15) is 4.39 Å². The molecule has 1 aromatic heterocycles. The van der Waals surface area contributed by atoms with E-state index in [4.69, 9.17) is 38.4 Å². The lowest BCUT2D eigenvalue weighted by molar-refractivity contribution is 0.339. The highest BCUT2D eigenvalue weighted by Gasteiger charge is 2.24. The summed E-state index contributed by atoms with van der Waals surface area (Å²) in [6, 6.07) is 2.66. The predicted octanol–water partition coefficient (Wildman–Crippen LogP) is 3.97. The summed E-state index contributed by atoms with van der Waals surface area (Å²) in [4.78, 5) is 1.81. The van der Waals surface area contributed by atoms with Gasteiger partial charge in [-0.3, -0.25) is 10.8 Å². The molecule has 3 rings (SSSR count). The number of nitrogens with one attached hydrogen (secondary N) is 3. The summed E-state index contributed by atoms with van der Waals surface area (Å²) in [5, 5.41) is 27.5. The lowest BCUT2D eigenvalue weighted by Crippen LogP contribution is -2.45. The zero-order valence-corrected chi connectivity index (χ0v) is 16.8. The van der Waals surface area contributed by atoms with Crippen LogP contribution in [0.2, 0.25) is 10.0 Å². The number of halogens is 3. The van der Waals surface area contributed by atoms with Crippen LogP contribution in [0.1, 0.15) is 37.1 Å². The summed E-state index contributed by atoms with van der Waals surface area (Å²) >= 11 is 12.3. The lowest BCUT2D eigenvalue weighted by Gasteiger charge is -2.33. The van der Waals surface area contributed by atoms with Crippen LogP contribution in [-0.4, -0.2) is 39.7 Å². The molecule has 1 saturated heterocycles. The Morgan fingerprint density at radius 3 is 2.82 bits per heavy atom. The Bertz CT molecular complexity index is 956. The molecule has 0 unspecified atom stereocenters. The Labute approximate surface area is 171 Å². The van der Waals surface area contributed by atoms with Crippen LogP contribution in [-0.2, 0) is 6.54 Å². The average Bonchev–Trinajstić information content (AvgIpc) is 3.15. The number of piperazine rings is 1. The number of hydrogen-bond acceptors (Lipinski definition) is 6. The second-order valence-corrected chi connectivity index (χ2v) is 7.37. The molecule has 10 heteroatoms. The number of benzene rings is 1. The summed E-state index contributed by atoms with van der Waals surface area (Å²) in [6.07, 6.45) is 1.47. The minimum Gasteiger partial charge on any atom is -0.419 e. The van der Waals surface area contributed by atoms with Crippen molar-refractivity contribution in [2.45, 2.75) is 26.3 Å².